The molecule has 1 nitrogen and oxygen atoms in total. The maximum Gasteiger partial charge on any atom is 0.0741 e. The average molecular weight is 986 g/mol. The maximum absolute atomic E-state index is 2.66. The van der Waals surface area contributed by atoms with Crippen LogP contribution in [0.5, 0.6) is 0 Å². The highest BCUT2D eigenvalue weighted by Gasteiger charge is 2.56. The van der Waals surface area contributed by atoms with Crippen molar-refractivity contribution in [3.63, 3.8) is 0 Å². The smallest absolute Gasteiger partial charge is 0.0741 e. The first kappa shape index (κ1) is 46.0. The van der Waals surface area contributed by atoms with E-state index in [0.717, 1.165) is 0 Å². The molecule has 9 aromatic carbocycles. The quantitative estimate of drug-likeness (QED) is 0.166. The predicted octanol–water partition coefficient (Wildman–Crippen LogP) is 20.1. The van der Waals surface area contributed by atoms with E-state index in [1.807, 2.05) is 11.3 Å². The normalized spacial score (nSPS) is 16.7. The van der Waals surface area contributed by atoms with Crippen molar-refractivity contribution in [2.75, 3.05) is 4.90 Å². The van der Waals surface area contributed by atoms with Crippen molar-refractivity contribution in [3.05, 3.63) is 256 Å². The van der Waals surface area contributed by atoms with Crippen LogP contribution < -0.4 is 4.90 Å². The molecular weight excluding hydrogens is 923 g/mol. The Labute approximate surface area is 448 Å². The average Bonchev–Trinajstić information content (AvgIpc) is 4.16. The molecule has 1 spiro atoms. The molecule has 0 saturated heterocycles. The lowest BCUT2D eigenvalue weighted by Crippen LogP contribution is -2.28. The van der Waals surface area contributed by atoms with Gasteiger partial charge >= 0.3 is 0 Å². The summed E-state index contributed by atoms with van der Waals surface area (Å²) in [5, 5.41) is 0. The molecule has 0 fully saturated rings. The molecule has 0 aliphatic heterocycles. The molecule has 75 heavy (non-hydrogen) atoms. The highest BCUT2D eigenvalue weighted by Crippen LogP contribution is 2.70. The SMILES string of the molecule is CC(C)(C)c1ccc2c(c1)C1(c3ccccc3-c3c(-c4ccccc4)sc(-c4ccccc4)c31)c1cc(C(C)(C)C)cc(N(c3ccc4c(c3)C(C)(C)c3ccccc3-4)c3ccc4c(c3)C(C)(C)c3ccccc3-4)c1-2. The van der Waals surface area contributed by atoms with Gasteiger partial charge in [-0.3, -0.25) is 0 Å². The Balaban J connectivity index is 1.14. The highest BCUT2D eigenvalue weighted by atomic mass is 32.1. The minimum atomic E-state index is -0.641. The molecule has 10 aromatic rings. The van der Waals surface area contributed by atoms with Crippen molar-refractivity contribution in [1.82, 2.24) is 0 Å². The summed E-state index contributed by atoms with van der Waals surface area (Å²) < 4.78 is 0. The van der Waals surface area contributed by atoms with Crippen LogP contribution in [0.15, 0.2) is 200 Å². The van der Waals surface area contributed by atoms with Gasteiger partial charge in [0.1, 0.15) is 0 Å². The maximum atomic E-state index is 2.66. The highest BCUT2D eigenvalue weighted by molar-refractivity contribution is 7.19. The zero-order valence-corrected chi connectivity index (χ0v) is 45.7. The second-order valence-electron chi connectivity index (χ2n) is 24.9. The first-order chi connectivity index (χ1) is 36.0. The molecule has 0 saturated carbocycles. The summed E-state index contributed by atoms with van der Waals surface area (Å²) in [6.07, 6.45) is 0. The van der Waals surface area contributed by atoms with Gasteiger partial charge in [-0.2, -0.15) is 0 Å². The Kier molecular flexibility index (Phi) is 9.68. The van der Waals surface area contributed by atoms with Gasteiger partial charge in [0.15, 0.2) is 0 Å². The standard InChI is InChI=1S/C73H63NS/c1-69(2,3)46-33-36-55-61(39-46)73(58-32-22-19-29-54(58)65-66(73)68(45-25-15-12-16-26-45)75-67(65)44-23-13-11-14-24-44)62-40-47(70(4,5)6)41-63(64(55)62)74(48-34-37-52-50-27-17-20-30-56(50)71(7,8)59(52)42-48)49-35-38-53-51-28-18-21-31-57(51)72(9,10)60(53)43-49/h11-43H,1-10H3. The van der Waals surface area contributed by atoms with E-state index >= 15 is 0 Å². The summed E-state index contributed by atoms with van der Waals surface area (Å²) in [6, 6.07) is 77.4. The second kappa shape index (κ2) is 15.8. The molecule has 1 heterocycles. The Morgan fingerprint density at radius 3 is 1.33 bits per heavy atom. The lowest BCUT2D eigenvalue weighted by atomic mass is 9.68. The lowest BCUT2D eigenvalue weighted by Gasteiger charge is -2.35. The van der Waals surface area contributed by atoms with Crippen molar-refractivity contribution in [1.29, 1.82) is 0 Å². The minimum Gasteiger partial charge on any atom is -0.310 e. The molecule has 4 aliphatic rings. The molecule has 1 atom stereocenters. The molecule has 0 bridgehead atoms. The van der Waals surface area contributed by atoms with Gasteiger partial charge in [-0.25, -0.2) is 0 Å². The van der Waals surface area contributed by atoms with Crippen LogP contribution in [0.3, 0.4) is 0 Å². The molecule has 1 aromatic heterocycles. The summed E-state index contributed by atoms with van der Waals surface area (Å²) in [5.74, 6) is 0. The van der Waals surface area contributed by atoms with E-state index in [2.05, 4.69) is 274 Å². The fraction of sp³-hybridized carbons (Fsp3) is 0.205. The van der Waals surface area contributed by atoms with Gasteiger partial charge in [-0.05, 0) is 141 Å². The van der Waals surface area contributed by atoms with Gasteiger partial charge in [0.2, 0.25) is 0 Å². The van der Waals surface area contributed by atoms with Gasteiger partial charge in [0.05, 0.1) is 11.1 Å². The van der Waals surface area contributed by atoms with Crippen LogP contribution >= 0.6 is 11.3 Å². The predicted molar refractivity (Wildman–Crippen MR) is 319 cm³/mol. The van der Waals surface area contributed by atoms with Crippen molar-refractivity contribution >= 4 is 28.4 Å². The van der Waals surface area contributed by atoms with Gasteiger partial charge in [0.25, 0.3) is 0 Å². The molecule has 0 N–H and O–H groups in total. The topological polar surface area (TPSA) is 3.24 Å². The number of nitrogens with zero attached hydrogens (tertiary/aromatic N) is 1. The fourth-order valence-corrected chi connectivity index (χ4v) is 15.3. The molecule has 2 heteroatoms. The summed E-state index contributed by atoms with van der Waals surface area (Å²) in [5.41, 5.74) is 29.1. The third kappa shape index (κ3) is 6.36. The van der Waals surface area contributed by atoms with Crippen LogP contribution in [-0.4, -0.2) is 0 Å². The molecule has 4 aliphatic carbocycles. The molecular formula is C73H63NS. The van der Waals surface area contributed by atoms with E-state index in [0.29, 0.717) is 0 Å². The largest absolute Gasteiger partial charge is 0.310 e. The number of hydrogen-bond donors (Lipinski definition) is 0. The zero-order chi connectivity index (χ0) is 51.6. The van der Waals surface area contributed by atoms with E-state index in [1.165, 1.54) is 138 Å². The fourth-order valence-electron chi connectivity index (χ4n) is 13.9. The molecule has 0 radical (unpaired) electrons. The van der Waals surface area contributed by atoms with E-state index in [-0.39, 0.29) is 21.7 Å². The third-order valence-electron chi connectivity index (χ3n) is 17.8. The van der Waals surface area contributed by atoms with Gasteiger partial charge < -0.3 is 4.90 Å². The summed E-state index contributed by atoms with van der Waals surface area (Å²) in [4.78, 5) is 5.32. The number of rotatable bonds is 5. The summed E-state index contributed by atoms with van der Waals surface area (Å²) in [6.45, 7) is 24.0. The van der Waals surface area contributed by atoms with Crippen LogP contribution in [0.25, 0.3) is 65.4 Å². The van der Waals surface area contributed by atoms with Crippen LogP contribution in [-0.2, 0) is 27.1 Å². The second-order valence-corrected chi connectivity index (χ2v) is 25.9. The number of hydrogen-bond acceptors (Lipinski definition) is 2. The zero-order valence-electron chi connectivity index (χ0n) is 44.9. The van der Waals surface area contributed by atoms with E-state index < -0.39 is 5.41 Å². The molecule has 0 amide bonds. The van der Waals surface area contributed by atoms with Crippen molar-refractivity contribution in [2.45, 2.75) is 96.3 Å². The third-order valence-corrected chi connectivity index (χ3v) is 19.1. The van der Waals surface area contributed by atoms with Crippen LogP contribution in [0.1, 0.15) is 125 Å². The Bertz CT molecular complexity index is 3910. The Hall–Kier alpha value is -7.52. The van der Waals surface area contributed by atoms with Gasteiger partial charge in [-0.1, -0.05) is 239 Å². The van der Waals surface area contributed by atoms with E-state index in [4.69, 9.17) is 0 Å². The Morgan fingerprint density at radius 1 is 0.347 bits per heavy atom. The molecule has 1 unspecified atom stereocenters. The summed E-state index contributed by atoms with van der Waals surface area (Å²) in [7, 11) is 0. The first-order valence-corrected chi connectivity index (χ1v) is 27.8. The van der Waals surface area contributed by atoms with Crippen LogP contribution in [0.2, 0.25) is 0 Å². The lowest BCUT2D eigenvalue weighted by molar-refractivity contribution is 0.586. The van der Waals surface area contributed by atoms with E-state index in [9.17, 15) is 0 Å². The number of anilines is 3. The monoisotopic (exact) mass is 985 g/mol. The molecule has 366 valence electrons. The Morgan fingerprint density at radius 2 is 0.787 bits per heavy atom. The van der Waals surface area contributed by atoms with Crippen LogP contribution in [0.4, 0.5) is 17.1 Å². The summed E-state index contributed by atoms with van der Waals surface area (Å²) >= 11 is 1.97. The number of fused-ring (bicyclic) bond motifs is 16. The van der Waals surface area contributed by atoms with E-state index in [1.54, 1.807) is 0 Å². The van der Waals surface area contributed by atoms with Gasteiger partial charge in [-0.15, -0.1) is 11.3 Å². The van der Waals surface area contributed by atoms with Crippen molar-refractivity contribution in [3.8, 4) is 65.4 Å². The first-order valence-electron chi connectivity index (χ1n) is 27.0. The number of benzene rings is 9. The van der Waals surface area contributed by atoms with Crippen LogP contribution in [0, 0.1) is 0 Å². The van der Waals surface area contributed by atoms with Gasteiger partial charge in [0, 0.05) is 43.1 Å². The number of thiophene rings is 1. The minimum absolute atomic E-state index is 0.0902. The van der Waals surface area contributed by atoms with Crippen molar-refractivity contribution < 1.29 is 0 Å². The van der Waals surface area contributed by atoms with Crippen molar-refractivity contribution in [2.24, 2.45) is 0 Å². The molecule has 14 rings (SSSR count).